The molecule has 0 heterocycles. The van der Waals surface area contributed by atoms with Gasteiger partial charge in [0, 0.05) is 6.54 Å². The first-order chi connectivity index (χ1) is 10.1. The number of amides is 2. The molecular formula is C15H24N2O4. The van der Waals surface area contributed by atoms with Crippen molar-refractivity contribution < 1.29 is 19.4 Å². The average molecular weight is 296 g/mol. The van der Waals surface area contributed by atoms with E-state index in [0.717, 1.165) is 5.56 Å². The first-order valence-electron chi connectivity index (χ1n) is 7.00. The molecule has 0 spiro atoms. The third-order valence-corrected chi connectivity index (χ3v) is 3.20. The van der Waals surface area contributed by atoms with E-state index in [0.29, 0.717) is 30.9 Å². The van der Waals surface area contributed by atoms with Crippen LogP contribution in [0.3, 0.4) is 0 Å². The second kappa shape index (κ2) is 9.07. The third kappa shape index (κ3) is 5.51. The highest BCUT2D eigenvalue weighted by Crippen LogP contribution is 2.27. The Morgan fingerprint density at radius 1 is 1.29 bits per heavy atom. The molecule has 0 fully saturated rings. The summed E-state index contributed by atoms with van der Waals surface area (Å²) in [6.45, 7) is 2.35. The third-order valence-electron chi connectivity index (χ3n) is 3.20. The van der Waals surface area contributed by atoms with E-state index in [1.54, 1.807) is 14.2 Å². The molecule has 0 aromatic heterocycles. The molecule has 6 heteroatoms. The van der Waals surface area contributed by atoms with Crippen molar-refractivity contribution >= 4 is 6.03 Å². The first kappa shape index (κ1) is 17.1. The summed E-state index contributed by atoms with van der Waals surface area (Å²) in [5, 5.41) is 14.5. The number of urea groups is 1. The zero-order valence-electron chi connectivity index (χ0n) is 12.8. The van der Waals surface area contributed by atoms with Gasteiger partial charge in [-0.15, -0.1) is 0 Å². The largest absolute Gasteiger partial charge is 0.493 e. The maximum Gasteiger partial charge on any atom is 0.315 e. The Morgan fingerprint density at radius 3 is 2.57 bits per heavy atom. The number of carbonyl (C=O) groups is 1. The molecule has 1 atom stereocenters. The molecule has 1 aromatic rings. The first-order valence-corrected chi connectivity index (χ1v) is 7.00. The Hall–Kier alpha value is -1.95. The Kier molecular flexibility index (Phi) is 7.39. The van der Waals surface area contributed by atoms with Crippen LogP contribution in [0, 0.1) is 0 Å². The van der Waals surface area contributed by atoms with Crippen LogP contribution in [0.25, 0.3) is 0 Å². The van der Waals surface area contributed by atoms with E-state index in [2.05, 4.69) is 10.6 Å². The molecule has 1 rings (SSSR count). The second-order valence-electron chi connectivity index (χ2n) is 4.63. The van der Waals surface area contributed by atoms with Crippen LogP contribution in [0.5, 0.6) is 11.5 Å². The van der Waals surface area contributed by atoms with Gasteiger partial charge in [0.25, 0.3) is 0 Å². The smallest absolute Gasteiger partial charge is 0.315 e. The van der Waals surface area contributed by atoms with Gasteiger partial charge in [-0.2, -0.15) is 0 Å². The number of benzene rings is 1. The van der Waals surface area contributed by atoms with Crippen molar-refractivity contribution in [3.8, 4) is 11.5 Å². The lowest BCUT2D eigenvalue weighted by Crippen LogP contribution is -2.44. The van der Waals surface area contributed by atoms with Gasteiger partial charge in [-0.3, -0.25) is 0 Å². The van der Waals surface area contributed by atoms with Crippen LogP contribution in [0.15, 0.2) is 18.2 Å². The summed E-state index contributed by atoms with van der Waals surface area (Å²) in [4.78, 5) is 11.6. The lowest BCUT2D eigenvalue weighted by molar-refractivity contribution is 0.214. The van der Waals surface area contributed by atoms with Crippen LogP contribution in [0.1, 0.15) is 18.9 Å². The second-order valence-corrected chi connectivity index (χ2v) is 4.63. The molecule has 0 radical (unpaired) electrons. The van der Waals surface area contributed by atoms with Crippen LogP contribution < -0.4 is 20.1 Å². The van der Waals surface area contributed by atoms with E-state index in [-0.39, 0.29) is 18.7 Å². The summed E-state index contributed by atoms with van der Waals surface area (Å²) >= 11 is 0. The number of aliphatic hydroxyl groups is 1. The maximum atomic E-state index is 11.6. The standard InChI is InChI=1S/C15H24N2O4/c1-4-12(10-18)17-15(19)16-8-7-11-5-6-13(20-2)14(9-11)21-3/h5-6,9,12,18H,4,7-8,10H2,1-3H3,(H2,16,17,19). The van der Waals surface area contributed by atoms with E-state index in [1.165, 1.54) is 0 Å². The number of hydrogen-bond donors (Lipinski definition) is 3. The number of methoxy groups -OCH3 is 2. The van der Waals surface area contributed by atoms with Crippen LogP contribution >= 0.6 is 0 Å². The fourth-order valence-electron chi connectivity index (χ4n) is 1.87. The number of aliphatic hydroxyl groups excluding tert-OH is 1. The van der Waals surface area contributed by atoms with Gasteiger partial charge < -0.3 is 25.2 Å². The zero-order chi connectivity index (χ0) is 15.7. The summed E-state index contributed by atoms with van der Waals surface area (Å²) < 4.78 is 10.4. The Bertz CT molecular complexity index is 447. The molecule has 3 N–H and O–H groups in total. The fourth-order valence-corrected chi connectivity index (χ4v) is 1.87. The van der Waals surface area contributed by atoms with Gasteiger partial charge in [-0.25, -0.2) is 4.79 Å². The normalized spacial score (nSPS) is 11.6. The van der Waals surface area contributed by atoms with Gasteiger partial charge in [0.15, 0.2) is 11.5 Å². The summed E-state index contributed by atoms with van der Waals surface area (Å²) in [6, 6.07) is 5.19. The Morgan fingerprint density at radius 2 is 2.00 bits per heavy atom. The number of nitrogens with one attached hydrogen (secondary N) is 2. The molecule has 0 saturated carbocycles. The van der Waals surface area contributed by atoms with Crippen molar-refractivity contribution in [2.24, 2.45) is 0 Å². The molecule has 0 aliphatic carbocycles. The fraction of sp³-hybridized carbons (Fsp3) is 0.533. The van der Waals surface area contributed by atoms with Gasteiger partial charge in [0.05, 0.1) is 26.9 Å². The number of hydrogen-bond acceptors (Lipinski definition) is 4. The highest BCUT2D eigenvalue weighted by atomic mass is 16.5. The molecule has 21 heavy (non-hydrogen) atoms. The van der Waals surface area contributed by atoms with Crippen molar-refractivity contribution in [3.63, 3.8) is 0 Å². The van der Waals surface area contributed by atoms with E-state index in [1.807, 2.05) is 25.1 Å². The van der Waals surface area contributed by atoms with Gasteiger partial charge in [0.2, 0.25) is 0 Å². The minimum Gasteiger partial charge on any atom is -0.493 e. The average Bonchev–Trinajstić information content (AvgIpc) is 2.52. The van der Waals surface area contributed by atoms with E-state index < -0.39 is 0 Å². The number of rotatable bonds is 8. The molecule has 6 nitrogen and oxygen atoms in total. The molecule has 118 valence electrons. The van der Waals surface area contributed by atoms with Crippen LogP contribution in [-0.4, -0.2) is 44.6 Å². The van der Waals surface area contributed by atoms with Gasteiger partial charge in [0.1, 0.15) is 0 Å². The van der Waals surface area contributed by atoms with Crippen molar-refractivity contribution in [1.29, 1.82) is 0 Å². The minimum atomic E-state index is -0.267. The van der Waals surface area contributed by atoms with Crippen LogP contribution in [-0.2, 0) is 6.42 Å². The van der Waals surface area contributed by atoms with E-state index in [9.17, 15) is 4.79 Å². The summed E-state index contributed by atoms with van der Waals surface area (Å²) in [7, 11) is 3.18. The van der Waals surface area contributed by atoms with E-state index >= 15 is 0 Å². The van der Waals surface area contributed by atoms with Crippen molar-refractivity contribution in [2.75, 3.05) is 27.4 Å². The summed E-state index contributed by atoms with van der Waals surface area (Å²) in [5.74, 6) is 1.35. The highest BCUT2D eigenvalue weighted by molar-refractivity contribution is 5.74. The van der Waals surface area contributed by atoms with Crippen molar-refractivity contribution in [1.82, 2.24) is 10.6 Å². The minimum absolute atomic E-state index is 0.0560. The van der Waals surface area contributed by atoms with Crippen molar-refractivity contribution in [2.45, 2.75) is 25.8 Å². The Labute approximate surface area is 125 Å². The molecule has 0 aliphatic heterocycles. The SMILES string of the molecule is CCC(CO)NC(=O)NCCc1ccc(OC)c(OC)c1. The summed E-state index contributed by atoms with van der Waals surface area (Å²) in [5.41, 5.74) is 1.04. The molecule has 1 unspecified atom stereocenters. The van der Waals surface area contributed by atoms with E-state index in [4.69, 9.17) is 14.6 Å². The lowest BCUT2D eigenvalue weighted by Gasteiger charge is -2.15. The summed E-state index contributed by atoms with van der Waals surface area (Å²) in [6.07, 6.45) is 1.38. The maximum absolute atomic E-state index is 11.6. The van der Waals surface area contributed by atoms with Gasteiger partial charge in [-0.05, 0) is 30.5 Å². The molecule has 0 saturated heterocycles. The zero-order valence-corrected chi connectivity index (χ0v) is 12.8. The molecular weight excluding hydrogens is 272 g/mol. The monoisotopic (exact) mass is 296 g/mol. The molecule has 2 amide bonds. The molecule has 0 bridgehead atoms. The molecule has 1 aromatic carbocycles. The van der Waals surface area contributed by atoms with Gasteiger partial charge in [-0.1, -0.05) is 13.0 Å². The van der Waals surface area contributed by atoms with Crippen molar-refractivity contribution in [3.05, 3.63) is 23.8 Å². The lowest BCUT2D eigenvalue weighted by atomic mass is 10.1. The quantitative estimate of drug-likeness (QED) is 0.676. The van der Waals surface area contributed by atoms with Gasteiger partial charge >= 0.3 is 6.03 Å². The topological polar surface area (TPSA) is 79.8 Å². The number of carbonyl (C=O) groups excluding carboxylic acids is 1. The Balaban J connectivity index is 2.43. The predicted octanol–water partition coefficient (Wildman–Crippen LogP) is 1.32. The van der Waals surface area contributed by atoms with Crippen LogP contribution in [0.2, 0.25) is 0 Å². The van der Waals surface area contributed by atoms with Crippen LogP contribution in [0.4, 0.5) is 4.79 Å². The highest BCUT2D eigenvalue weighted by Gasteiger charge is 2.08. The molecule has 0 aliphatic rings. The predicted molar refractivity (Wildman–Crippen MR) is 80.9 cm³/mol. The number of ether oxygens (including phenoxy) is 2.